The third-order valence-corrected chi connectivity index (χ3v) is 6.74. The maximum absolute atomic E-state index is 6.54. The SMILES string of the molecule is C1CCC(C2OCCOCCOCCOCCOCCOC2C2CCCCC2)CC1. The molecule has 3 rings (SSSR count). The van der Waals surface area contributed by atoms with Crippen LogP contribution in [-0.4, -0.2) is 78.3 Å². The summed E-state index contributed by atoms with van der Waals surface area (Å²) < 4.78 is 35.7. The summed E-state index contributed by atoms with van der Waals surface area (Å²) in [5.74, 6) is 1.21. The van der Waals surface area contributed by atoms with Crippen LogP contribution in [0.15, 0.2) is 0 Å². The zero-order chi connectivity index (χ0) is 20.7. The van der Waals surface area contributed by atoms with Gasteiger partial charge in [-0.1, -0.05) is 38.5 Å². The van der Waals surface area contributed by atoms with Crippen LogP contribution < -0.4 is 0 Å². The van der Waals surface area contributed by atoms with Gasteiger partial charge in [-0.15, -0.1) is 0 Å². The lowest BCUT2D eigenvalue weighted by atomic mass is 9.76. The van der Waals surface area contributed by atoms with Gasteiger partial charge >= 0.3 is 0 Å². The lowest BCUT2D eigenvalue weighted by Crippen LogP contribution is -2.45. The molecule has 0 spiro atoms. The van der Waals surface area contributed by atoms with E-state index in [1.165, 1.54) is 64.2 Å². The first-order valence-electron chi connectivity index (χ1n) is 12.5. The Morgan fingerprint density at radius 3 is 0.967 bits per heavy atom. The molecule has 0 aromatic carbocycles. The minimum atomic E-state index is 0.176. The predicted molar refractivity (Wildman–Crippen MR) is 116 cm³/mol. The van der Waals surface area contributed by atoms with Gasteiger partial charge in [-0.2, -0.15) is 0 Å². The quantitative estimate of drug-likeness (QED) is 0.663. The van der Waals surface area contributed by atoms with Crippen LogP contribution in [0.5, 0.6) is 0 Å². The zero-order valence-corrected chi connectivity index (χ0v) is 18.9. The minimum Gasteiger partial charge on any atom is -0.377 e. The second-order valence-electron chi connectivity index (χ2n) is 8.92. The van der Waals surface area contributed by atoms with Crippen LogP contribution >= 0.6 is 0 Å². The van der Waals surface area contributed by atoms with Gasteiger partial charge in [-0.3, -0.25) is 0 Å². The lowest BCUT2D eigenvalue weighted by molar-refractivity contribution is -0.144. The molecular weight excluding hydrogens is 384 g/mol. The molecule has 2 atom stereocenters. The van der Waals surface area contributed by atoms with Crippen LogP contribution in [0.4, 0.5) is 0 Å². The number of hydrogen-bond acceptors (Lipinski definition) is 6. The van der Waals surface area contributed by atoms with Crippen LogP contribution in [0, 0.1) is 11.8 Å². The highest BCUT2D eigenvalue weighted by Crippen LogP contribution is 2.37. The molecule has 2 aliphatic carbocycles. The van der Waals surface area contributed by atoms with E-state index in [1.54, 1.807) is 0 Å². The van der Waals surface area contributed by atoms with E-state index in [0.29, 0.717) is 77.9 Å². The highest BCUT2D eigenvalue weighted by atomic mass is 16.6. The van der Waals surface area contributed by atoms with Gasteiger partial charge in [0.1, 0.15) is 0 Å². The van der Waals surface area contributed by atoms with E-state index in [9.17, 15) is 0 Å². The Morgan fingerprint density at radius 2 is 0.633 bits per heavy atom. The number of ether oxygens (including phenoxy) is 6. The average molecular weight is 429 g/mol. The molecule has 0 aromatic rings. The monoisotopic (exact) mass is 428 g/mol. The van der Waals surface area contributed by atoms with E-state index < -0.39 is 0 Å². The fourth-order valence-corrected chi connectivity index (χ4v) is 5.17. The summed E-state index contributed by atoms with van der Waals surface area (Å²) in [6.45, 7) is 6.07. The first-order chi connectivity index (χ1) is 14.9. The Bertz CT molecular complexity index is 371. The Hall–Kier alpha value is -0.240. The first kappa shape index (κ1) is 24.4. The third kappa shape index (κ3) is 9.09. The molecule has 0 N–H and O–H groups in total. The molecule has 0 amide bonds. The molecule has 6 heteroatoms. The van der Waals surface area contributed by atoms with Crippen LogP contribution in [-0.2, 0) is 28.4 Å². The summed E-state index contributed by atoms with van der Waals surface area (Å²) in [5, 5.41) is 0. The highest BCUT2D eigenvalue weighted by molar-refractivity contribution is 4.87. The molecule has 1 aliphatic heterocycles. The van der Waals surface area contributed by atoms with Crippen molar-refractivity contribution in [2.24, 2.45) is 11.8 Å². The van der Waals surface area contributed by atoms with Crippen molar-refractivity contribution in [1.82, 2.24) is 0 Å². The van der Waals surface area contributed by atoms with Crippen molar-refractivity contribution in [3.05, 3.63) is 0 Å². The Balaban J connectivity index is 1.60. The van der Waals surface area contributed by atoms with Crippen molar-refractivity contribution in [2.75, 3.05) is 66.1 Å². The molecule has 1 heterocycles. The van der Waals surface area contributed by atoms with Crippen LogP contribution in [0.3, 0.4) is 0 Å². The smallest absolute Gasteiger partial charge is 0.0868 e. The second-order valence-corrected chi connectivity index (χ2v) is 8.92. The van der Waals surface area contributed by atoms with E-state index in [4.69, 9.17) is 28.4 Å². The van der Waals surface area contributed by atoms with Gasteiger partial charge in [0.2, 0.25) is 0 Å². The standard InChI is InChI=1S/C24H44O6/c1-3-7-21(8-4-1)23-24(22-9-5-2-6-10-22)30-20-18-28-16-14-26-12-11-25-13-15-27-17-19-29-23/h21-24H,1-20H2. The minimum absolute atomic E-state index is 0.176. The molecule has 3 aliphatic rings. The molecule has 2 saturated carbocycles. The first-order valence-corrected chi connectivity index (χ1v) is 12.5. The fraction of sp³-hybridized carbons (Fsp3) is 1.00. The molecule has 2 unspecified atom stereocenters. The summed E-state index contributed by atoms with van der Waals surface area (Å²) in [6, 6.07) is 0. The Kier molecular flexibility index (Phi) is 12.6. The maximum atomic E-state index is 6.54. The second kappa shape index (κ2) is 15.5. The van der Waals surface area contributed by atoms with Crippen molar-refractivity contribution >= 4 is 0 Å². The van der Waals surface area contributed by atoms with Gasteiger partial charge in [0.15, 0.2) is 0 Å². The molecule has 176 valence electrons. The topological polar surface area (TPSA) is 55.4 Å². The normalized spacial score (nSPS) is 31.6. The van der Waals surface area contributed by atoms with Crippen molar-refractivity contribution in [1.29, 1.82) is 0 Å². The van der Waals surface area contributed by atoms with Crippen LogP contribution in [0.25, 0.3) is 0 Å². The number of rotatable bonds is 2. The Morgan fingerprint density at radius 1 is 0.333 bits per heavy atom. The maximum Gasteiger partial charge on any atom is 0.0868 e. The van der Waals surface area contributed by atoms with Gasteiger partial charge in [-0.25, -0.2) is 0 Å². The average Bonchev–Trinajstić information content (AvgIpc) is 2.80. The molecule has 30 heavy (non-hydrogen) atoms. The van der Waals surface area contributed by atoms with Crippen molar-refractivity contribution < 1.29 is 28.4 Å². The summed E-state index contributed by atoms with van der Waals surface area (Å²) in [4.78, 5) is 0. The lowest BCUT2D eigenvalue weighted by Gasteiger charge is -2.40. The summed E-state index contributed by atoms with van der Waals surface area (Å²) in [5.41, 5.74) is 0. The van der Waals surface area contributed by atoms with Crippen molar-refractivity contribution in [3.63, 3.8) is 0 Å². The summed E-state index contributed by atoms with van der Waals surface area (Å²) in [6.07, 6.45) is 13.4. The summed E-state index contributed by atoms with van der Waals surface area (Å²) in [7, 11) is 0. The van der Waals surface area contributed by atoms with Gasteiger partial charge in [-0.05, 0) is 37.5 Å². The summed E-state index contributed by atoms with van der Waals surface area (Å²) >= 11 is 0. The highest BCUT2D eigenvalue weighted by Gasteiger charge is 2.37. The van der Waals surface area contributed by atoms with Gasteiger partial charge < -0.3 is 28.4 Å². The zero-order valence-electron chi connectivity index (χ0n) is 18.9. The van der Waals surface area contributed by atoms with Gasteiger partial charge in [0.05, 0.1) is 78.3 Å². The van der Waals surface area contributed by atoms with Crippen LogP contribution in [0.1, 0.15) is 64.2 Å². The molecule has 6 nitrogen and oxygen atoms in total. The van der Waals surface area contributed by atoms with E-state index in [2.05, 4.69) is 0 Å². The molecule has 0 bridgehead atoms. The van der Waals surface area contributed by atoms with Gasteiger partial charge in [0.25, 0.3) is 0 Å². The fourth-order valence-electron chi connectivity index (χ4n) is 5.17. The molecule has 0 aromatic heterocycles. The van der Waals surface area contributed by atoms with Crippen molar-refractivity contribution in [3.8, 4) is 0 Å². The Labute approximate surface area is 183 Å². The predicted octanol–water partition coefficient (Wildman–Crippen LogP) is 4.00. The number of hydrogen-bond donors (Lipinski definition) is 0. The van der Waals surface area contributed by atoms with Crippen molar-refractivity contribution in [2.45, 2.75) is 76.4 Å². The largest absolute Gasteiger partial charge is 0.377 e. The molecule has 3 fully saturated rings. The van der Waals surface area contributed by atoms with Gasteiger partial charge in [0, 0.05) is 0 Å². The van der Waals surface area contributed by atoms with E-state index in [1.807, 2.05) is 0 Å². The van der Waals surface area contributed by atoms with E-state index >= 15 is 0 Å². The van der Waals surface area contributed by atoms with Crippen LogP contribution in [0.2, 0.25) is 0 Å². The molecule has 0 radical (unpaired) electrons. The molecule has 1 saturated heterocycles. The molecular formula is C24H44O6. The van der Waals surface area contributed by atoms with E-state index in [0.717, 1.165) is 0 Å². The van der Waals surface area contributed by atoms with E-state index in [-0.39, 0.29) is 12.2 Å². The third-order valence-electron chi connectivity index (χ3n) is 6.74.